The SMILES string of the molecule is CC.CCC(Nc1nc(Nc2ccc3cccnc3c2)c(C#N)cc1F)C(N)=O. The Labute approximate surface area is 168 Å². The summed E-state index contributed by atoms with van der Waals surface area (Å²) in [6.45, 7) is 5.74. The quantitative estimate of drug-likeness (QED) is 0.580. The number of nitrogens with zero attached hydrogens (tertiary/aromatic N) is 3. The van der Waals surface area contributed by atoms with Gasteiger partial charge in [-0.15, -0.1) is 0 Å². The number of pyridine rings is 2. The van der Waals surface area contributed by atoms with E-state index in [1.54, 1.807) is 19.2 Å². The summed E-state index contributed by atoms with van der Waals surface area (Å²) in [4.78, 5) is 19.8. The summed E-state index contributed by atoms with van der Waals surface area (Å²) in [6.07, 6.45) is 2.05. The number of nitrogens with one attached hydrogen (secondary N) is 2. The first kappa shape index (κ1) is 21.6. The molecule has 2 heterocycles. The van der Waals surface area contributed by atoms with E-state index < -0.39 is 17.8 Å². The highest BCUT2D eigenvalue weighted by Gasteiger charge is 2.18. The van der Waals surface area contributed by atoms with Crippen molar-refractivity contribution >= 4 is 34.1 Å². The molecular weight excluding hydrogens is 371 g/mol. The number of carbonyl (C=O) groups is 1. The minimum absolute atomic E-state index is 0.0336. The summed E-state index contributed by atoms with van der Waals surface area (Å²) in [6, 6.07) is 11.5. The van der Waals surface area contributed by atoms with Crippen LogP contribution in [0.4, 0.5) is 21.7 Å². The number of primary amides is 1. The van der Waals surface area contributed by atoms with E-state index >= 15 is 0 Å². The highest BCUT2D eigenvalue weighted by atomic mass is 19.1. The molecule has 1 atom stereocenters. The van der Waals surface area contributed by atoms with Gasteiger partial charge >= 0.3 is 0 Å². The van der Waals surface area contributed by atoms with Crippen molar-refractivity contribution in [1.82, 2.24) is 9.97 Å². The van der Waals surface area contributed by atoms with E-state index in [0.717, 1.165) is 17.0 Å². The van der Waals surface area contributed by atoms with Crippen molar-refractivity contribution < 1.29 is 9.18 Å². The van der Waals surface area contributed by atoms with Gasteiger partial charge in [0.15, 0.2) is 17.5 Å². The van der Waals surface area contributed by atoms with Gasteiger partial charge in [0.05, 0.1) is 11.1 Å². The molecule has 29 heavy (non-hydrogen) atoms. The van der Waals surface area contributed by atoms with E-state index in [-0.39, 0.29) is 17.2 Å². The number of hydrogen-bond donors (Lipinski definition) is 3. The number of halogens is 1. The summed E-state index contributed by atoms with van der Waals surface area (Å²) in [5, 5.41) is 15.9. The molecule has 1 aromatic carbocycles. The van der Waals surface area contributed by atoms with Gasteiger partial charge in [-0.05, 0) is 30.7 Å². The summed E-state index contributed by atoms with van der Waals surface area (Å²) in [5.41, 5.74) is 6.73. The summed E-state index contributed by atoms with van der Waals surface area (Å²) in [7, 11) is 0. The molecule has 0 saturated heterocycles. The molecule has 0 radical (unpaired) electrons. The van der Waals surface area contributed by atoms with Gasteiger partial charge in [-0.3, -0.25) is 9.78 Å². The molecule has 1 unspecified atom stereocenters. The molecule has 3 aromatic rings. The lowest BCUT2D eigenvalue weighted by Gasteiger charge is -2.16. The van der Waals surface area contributed by atoms with Gasteiger partial charge in [0.2, 0.25) is 5.91 Å². The average Bonchev–Trinajstić information content (AvgIpc) is 2.74. The Kier molecular flexibility index (Phi) is 7.43. The number of rotatable bonds is 6. The van der Waals surface area contributed by atoms with Crippen LogP contribution in [0.25, 0.3) is 10.9 Å². The van der Waals surface area contributed by atoms with E-state index in [0.29, 0.717) is 12.1 Å². The maximum atomic E-state index is 14.3. The van der Waals surface area contributed by atoms with Gasteiger partial charge in [0.25, 0.3) is 0 Å². The Balaban J connectivity index is 0.00000145. The van der Waals surface area contributed by atoms with Gasteiger partial charge in [-0.1, -0.05) is 32.9 Å². The molecule has 3 rings (SSSR count). The van der Waals surface area contributed by atoms with Crippen molar-refractivity contribution in [2.75, 3.05) is 10.6 Å². The zero-order chi connectivity index (χ0) is 21.4. The van der Waals surface area contributed by atoms with Crippen LogP contribution in [-0.2, 0) is 4.79 Å². The number of nitrogens with two attached hydrogens (primary N) is 1. The third kappa shape index (κ3) is 5.17. The summed E-state index contributed by atoms with van der Waals surface area (Å²) in [5.74, 6) is -1.34. The second-order valence-corrected chi connectivity index (χ2v) is 5.87. The predicted octanol–water partition coefficient (Wildman–Crippen LogP) is 4.09. The highest BCUT2D eigenvalue weighted by Crippen LogP contribution is 2.25. The fraction of sp³-hybridized carbons (Fsp3) is 0.238. The molecule has 0 aliphatic heterocycles. The number of aromatic nitrogens is 2. The molecular formula is C21H23FN6O. The number of benzene rings is 1. The summed E-state index contributed by atoms with van der Waals surface area (Å²) < 4.78 is 14.3. The van der Waals surface area contributed by atoms with Crippen LogP contribution in [0.2, 0.25) is 0 Å². The molecule has 1 amide bonds. The average molecular weight is 394 g/mol. The molecule has 0 fully saturated rings. The second kappa shape index (κ2) is 9.99. The molecule has 0 aliphatic carbocycles. The van der Waals surface area contributed by atoms with Crippen LogP contribution >= 0.6 is 0 Å². The monoisotopic (exact) mass is 394 g/mol. The zero-order valence-electron chi connectivity index (χ0n) is 16.5. The van der Waals surface area contributed by atoms with Crippen LogP contribution in [0.5, 0.6) is 0 Å². The molecule has 0 aliphatic rings. The van der Waals surface area contributed by atoms with Crippen LogP contribution in [-0.4, -0.2) is 21.9 Å². The van der Waals surface area contributed by atoms with Crippen molar-refractivity contribution in [3.63, 3.8) is 0 Å². The van der Waals surface area contributed by atoms with Crippen molar-refractivity contribution in [3.8, 4) is 6.07 Å². The van der Waals surface area contributed by atoms with Crippen molar-refractivity contribution in [2.24, 2.45) is 5.73 Å². The molecule has 2 aromatic heterocycles. The van der Waals surface area contributed by atoms with Crippen molar-refractivity contribution in [3.05, 3.63) is 54.0 Å². The first-order valence-electron chi connectivity index (χ1n) is 9.30. The third-order valence-electron chi connectivity index (χ3n) is 4.03. The zero-order valence-corrected chi connectivity index (χ0v) is 16.5. The van der Waals surface area contributed by atoms with E-state index in [1.807, 2.05) is 44.2 Å². The lowest BCUT2D eigenvalue weighted by atomic mass is 10.2. The number of hydrogen-bond acceptors (Lipinski definition) is 6. The van der Waals surface area contributed by atoms with Crippen LogP contribution < -0.4 is 16.4 Å². The highest BCUT2D eigenvalue weighted by molar-refractivity contribution is 5.84. The van der Waals surface area contributed by atoms with E-state index in [2.05, 4.69) is 20.6 Å². The maximum absolute atomic E-state index is 14.3. The van der Waals surface area contributed by atoms with Gasteiger partial charge < -0.3 is 16.4 Å². The predicted molar refractivity (Wildman–Crippen MR) is 112 cm³/mol. The Morgan fingerprint density at radius 1 is 1.28 bits per heavy atom. The summed E-state index contributed by atoms with van der Waals surface area (Å²) >= 11 is 0. The number of fused-ring (bicyclic) bond motifs is 1. The molecule has 4 N–H and O–H groups in total. The standard InChI is InChI=1S/C19H17FN6O.C2H6/c1-2-15(17(22)27)25-19-14(20)8-12(10-21)18(26-19)24-13-6-5-11-4-3-7-23-16(11)9-13;1-2/h3-9,15H,2H2,1H3,(H2,22,27)(H2,24,25,26);1-2H3. The molecule has 8 heteroatoms. The first-order valence-corrected chi connectivity index (χ1v) is 9.30. The Morgan fingerprint density at radius 2 is 2.03 bits per heavy atom. The van der Waals surface area contributed by atoms with E-state index in [1.165, 1.54) is 0 Å². The first-order chi connectivity index (χ1) is 14.0. The number of nitriles is 1. The second-order valence-electron chi connectivity index (χ2n) is 5.87. The van der Waals surface area contributed by atoms with Crippen LogP contribution in [0.15, 0.2) is 42.6 Å². The molecule has 7 nitrogen and oxygen atoms in total. The van der Waals surface area contributed by atoms with Crippen LogP contribution in [0, 0.1) is 17.1 Å². The van der Waals surface area contributed by atoms with Crippen molar-refractivity contribution in [2.45, 2.75) is 33.2 Å². The topological polar surface area (TPSA) is 117 Å². The number of carbonyl (C=O) groups excluding carboxylic acids is 1. The fourth-order valence-corrected chi connectivity index (χ4v) is 2.59. The van der Waals surface area contributed by atoms with Crippen molar-refractivity contribution in [1.29, 1.82) is 5.26 Å². The normalized spacial score (nSPS) is 11.0. The smallest absolute Gasteiger partial charge is 0.239 e. The third-order valence-corrected chi connectivity index (χ3v) is 4.03. The fourth-order valence-electron chi connectivity index (χ4n) is 2.59. The number of anilines is 3. The van der Waals surface area contributed by atoms with Gasteiger partial charge in [-0.25, -0.2) is 9.37 Å². The molecule has 150 valence electrons. The Morgan fingerprint density at radius 3 is 2.69 bits per heavy atom. The van der Waals surface area contributed by atoms with E-state index in [9.17, 15) is 14.4 Å². The Bertz CT molecular complexity index is 1050. The minimum Gasteiger partial charge on any atom is -0.368 e. The van der Waals surface area contributed by atoms with Gasteiger partial charge in [-0.2, -0.15) is 5.26 Å². The van der Waals surface area contributed by atoms with Gasteiger partial charge in [0, 0.05) is 17.3 Å². The lowest BCUT2D eigenvalue weighted by Crippen LogP contribution is -2.35. The minimum atomic E-state index is -0.766. The van der Waals surface area contributed by atoms with Crippen LogP contribution in [0.1, 0.15) is 32.8 Å². The molecule has 0 bridgehead atoms. The lowest BCUT2D eigenvalue weighted by molar-refractivity contribution is -0.118. The molecule has 0 saturated carbocycles. The number of amides is 1. The largest absolute Gasteiger partial charge is 0.368 e. The Hall–Kier alpha value is -3.73. The molecule has 0 spiro atoms. The van der Waals surface area contributed by atoms with Crippen LogP contribution in [0.3, 0.4) is 0 Å². The maximum Gasteiger partial charge on any atom is 0.239 e. The van der Waals surface area contributed by atoms with E-state index in [4.69, 9.17) is 5.73 Å². The van der Waals surface area contributed by atoms with Gasteiger partial charge in [0.1, 0.15) is 12.1 Å².